The molecule has 0 saturated heterocycles. The van der Waals surface area contributed by atoms with Crippen LogP contribution in [0, 0.1) is 0 Å². The fraction of sp³-hybridized carbons (Fsp3) is 0.846. The van der Waals surface area contributed by atoms with E-state index in [1.54, 1.807) is 0 Å². The first kappa shape index (κ1) is 19.2. The van der Waals surface area contributed by atoms with Gasteiger partial charge in [-0.25, -0.2) is 0 Å². The summed E-state index contributed by atoms with van der Waals surface area (Å²) >= 11 is 3.95. The van der Waals surface area contributed by atoms with Crippen LogP contribution >= 0.6 is 12.6 Å². The molecule has 6 nitrogen and oxygen atoms in total. The number of amides is 1. The van der Waals surface area contributed by atoms with Crippen LogP contribution in [0.1, 0.15) is 32.1 Å². The van der Waals surface area contributed by atoms with Gasteiger partial charge in [0.1, 0.15) is 6.61 Å². The van der Waals surface area contributed by atoms with E-state index < -0.39 is 0 Å². The van der Waals surface area contributed by atoms with Crippen molar-refractivity contribution in [2.45, 2.75) is 32.1 Å². The summed E-state index contributed by atoms with van der Waals surface area (Å²) in [5.41, 5.74) is 0. The lowest BCUT2D eigenvalue weighted by atomic mass is 10.2. The van der Waals surface area contributed by atoms with Crippen LogP contribution in [0.15, 0.2) is 0 Å². The number of rotatable bonds is 13. The number of unbranched alkanes of at least 4 members (excludes halogenated alkanes) is 2. The molecular weight excluding hydrogens is 282 g/mol. The Balaban J connectivity index is 3.23. The second kappa shape index (κ2) is 14.6. The molecule has 0 bridgehead atoms. The van der Waals surface area contributed by atoms with E-state index in [9.17, 15) is 9.59 Å². The maximum absolute atomic E-state index is 11.3. The topological polar surface area (TPSA) is 84.9 Å². The van der Waals surface area contributed by atoms with Crippen LogP contribution in [-0.2, 0) is 19.1 Å². The second-order valence-electron chi connectivity index (χ2n) is 4.19. The van der Waals surface area contributed by atoms with Crippen molar-refractivity contribution in [1.29, 1.82) is 0 Å². The van der Waals surface area contributed by atoms with Crippen LogP contribution < -0.4 is 5.32 Å². The van der Waals surface area contributed by atoms with E-state index >= 15 is 0 Å². The molecule has 0 saturated carbocycles. The first-order chi connectivity index (χ1) is 9.70. The molecule has 0 heterocycles. The number of ether oxygens (including phenoxy) is 2. The average molecular weight is 307 g/mol. The summed E-state index contributed by atoms with van der Waals surface area (Å²) in [5, 5.41) is 11.3. The third-order valence-corrected chi connectivity index (χ3v) is 2.66. The van der Waals surface area contributed by atoms with Gasteiger partial charge in [0.15, 0.2) is 0 Å². The Hall–Kier alpha value is -0.790. The Kier molecular flexibility index (Phi) is 14.0. The Morgan fingerprint density at radius 3 is 2.55 bits per heavy atom. The van der Waals surface area contributed by atoms with Gasteiger partial charge in [-0.2, -0.15) is 12.6 Å². The minimum absolute atomic E-state index is 0.0436. The lowest BCUT2D eigenvalue weighted by molar-refractivity contribution is -0.145. The van der Waals surface area contributed by atoms with Crippen LogP contribution in [0.25, 0.3) is 0 Å². The van der Waals surface area contributed by atoms with Crippen molar-refractivity contribution in [2.24, 2.45) is 0 Å². The monoisotopic (exact) mass is 307 g/mol. The fourth-order valence-electron chi connectivity index (χ4n) is 1.40. The summed E-state index contributed by atoms with van der Waals surface area (Å²) in [4.78, 5) is 22.3. The Labute approximate surface area is 125 Å². The molecule has 0 aromatic carbocycles. The molecule has 0 unspecified atom stereocenters. The van der Waals surface area contributed by atoms with Crippen LogP contribution in [-0.4, -0.2) is 55.7 Å². The van der Waals surface area contributed by atoms with Gasteiger partial charge in [-0.05, 0) is 18.6 Å². The van der Waals surface area contributed by atoms with Crippen molar-refractivity contribution in [3.63, 3.8) is 0 Å². The second-order valence-corrected chi connectivity index (χ2v) is 4.64. The van der Waals surface area contributed by atoms with Crippen LogP contribution in [0.5, 0.6) is 0 Å². The molecule has 0 aliphatic rings. The summed E-state index contributed by atoms with van der Waals surface area (Å²) in [6.45, 7) is 1.55. The number of hydrogen-bond donors (Lipinski definition) is 3. The van der Waals surface area contributed by atoms with Gasteiger partial charge >= 0.3 is 5.97 Å². The van der Waals surface area contributed by atoms with Gasteiger partial charge < -0.3 is 19.9 Å². The molecule has 0 radical (unpaired) electrons. The number of nitrogens with one attached hydrogen (secondary N) is 1. The van der Waals surface area contributed by atoms with Crippen LogP contribution in [0.3, 0.4) is 0 Å². The molecular formula is C13H25NO5S. The van der Waals surface area contributed by atoms with Crippen molar-refractivity contribution in [3.8, 4) is 0 Å². The number of thiol groups is 1. The van der Waals surface area contributed by atoms with E-state index in [-0.39, 0.29) is 25.1 Å². The minimum Gasteiger partial charge on any atom is -0.463 e. The van der Waals surface area contributed by atoms with Gasteiger partial charge in [-0.15, -0.1) is 0 Å². The van der Waals surface area contributed by atoms with Crippen molar-refractivity contribution >= 4 is 24.5 Å². The largest absolute Gasteiger partial charge is 0.463 e. The van der Waals surface area contributed by atoms with Crippen LogP contribution in [0.2, 0.25) is 0 Å². The van der Waals surface area contributed by atoms with Crippen LogP contribution in [0.4, 0.5) is 0 Å². The highest BCUT2D eigenvalue weighted by atomic mass is 32.1. The SMILES string of the molecule is O=C(CCS)NCCOCCOC(=O)CCCCCO. The number of carbonyl (C=O) groups is 2. The van der Waals surface area contributed by atoms with E-state index in [1.165, 1.54) is 0 Å². The molecule has 0 aromatic rings. The normalized spacial score (nSPS) is 10.3. The molecule has 0 aliphatic carbocycles. The third kappa shape index (κ3) is 13.6. The molecule has 1 amide bonds. The van der Waals surface area contributed by atoms with E-state index in [0.29, 0.717) is 38.4 Å². The fourth-order valence-corrected chi connectivity index (χ4v) is 1.60. The van der Waals surface area contributed by atoms with Gasteiger partial charge in [-0.3, -0.25) is 9.59 Å². The van der Waals surface area contributed by atoms with E-state index in [4.69, 9.17) is 14.6 Å². The molecule has 118 valence electrons. The first-order valence-corrected chi connectivity index (χ1v) is 7.55. The van der Waals surface area contributed by atoms with Gasteiger partial charge in [-0.1, -0.05) is 6.42 Å². The maximum atomic E-state index is 11.3. The summed E-state index contributed by atoms with van der Waals surface area (Å²) < 4.78 is 10.2. The molecule has 2 N–H and O–H groups in total. The van der Waals surface area contributed by atoms with Crippen molar-refractivity contribution in [3.05, 3.63) is 0 Å². The molecule has 0 spiro atoms. The predicted molar refractivity (Wildman–Crippen MR) is 78.8 cm³/mol. The highest BCUT2D eigenvalue weighted by molar-refractivity contribution is 7.80. The number of esters is 1. The Bertz CT molecular complexity index is 263. The average Bonchev–Trinajstić information content (AvgIpc) is 2.43. The maximum Gasteiger partial charge on any atom is 0.305 e. The number of aliphatic hydroxyl groups excluding tert-OH is 1. The standard InChI is InChI=1S/C13H25NO5S/c15-7-3-1-2-4-13(17)19-10-9-18-8-6-14-12(16)5-11-20/h15,20H,1-11H2,(H,14,16). The summed E-state index contributed by atoms with van der Waals surface area (Å²) in [6, 6.07) is 0. The third-order valence-electron chi connectivity index (χ3n) is 2.44. The van der Waals surface area contributed by atoms with Gasteiger partial charge in [0, 0.05) is 26.0 Å². The molecule has 0 fully saturated rings. The lowest BCUT2D eigenvalue weighted by Gasteiger charge is -2.07. The number of carbonyl (C=O) groups excluding carboxylic acids is 2. The first-order valence-electron chi connectivity index (χ1n) is 6.92. The zero-order valence-electron chi connectivity index (χ0n) is 11.8. The quantitative estimate of drug-likeness (QED) is 0.263. The van der Waals surface area contributed by atoms with Gasteiger partial charge in [0.2, 0.25) is 5.91 Å². The van der Waals surface area contributed by atoms with E-state index in [1.807, 2.05) is 0 Å². The molecule has 0 aromatic heterocycles. The van der Waals surface area contributed by atoms with Crippen molar-refractivity contribution < 1.29 is 24.2 Å². The van der Waals surface area contributed by atoms with E-state index in [2.05, 4.69) is 17.9 Å². The molecule has 0 rings (SSSR count). The van der Waals surface area contributed by atoms with E-state index in [0.717, 1.165) is 19.3 Å². The summed E-state index contributed by atoms with van der Waals surface area (Å²) in [5.74, 6) is 0.243. The van der Waals surface area contributed by atoms with Crippen molar-refractivity contribution in [1.82, 2.24) is 5.32 Å². The van der Waals surface area contributed by atoms with Gasteiger partial charge in [0.05, 0.1) is 13.2 Å². The predicted octanol–water partition coefficient (Wildman–Crippen LogP) is 0.535. The van der Waals surface area contributed by atoms with Gasteiger partial charge in [0.25, 0.3) is 0 Å². The Morgan fingerprint density at radius 1 is 1.05 bits per heavy atom. The lowest BCUT2D eigenvalue weighted by Crippen LogP contribution is -2.27. The highest BCUT2D eigenvalue weighted by Gasteiger charge is 2.02. The minimum atomic E-state index is -0.242. The number of hydrogen-bond acceptors (Lipinski definition) is 6. The zero-order chi connectivity index (χ0) is 15.1. The Morgan fingerprint density at radius 2 is 1.85 bits per heavy atom. The summed E-state index contributed by atoms with van der Waals surface area (Å²) in [6.07, 6.45) is 3.05. The molecule has 7 heteroatoms. The summed E-state index contributed by atoms with van der Waals surface area (Å²) in [7, 11) is 0. The molecule has 0 aliphatic heterocycles. The highest BCUT2D eigenvalue weighted by Crippen LogP contribution is 2.00. The zero-order valence-corrected chi connectivity index (χ0v) is 12.7. The smallest absolute Gasteiger partial charge is 0.305 e. The molecule has 0 atom stereocenters. The van der Waals surface area contributed by atoms with Crippen molar-refractivity contribution in [2.75, 3.05) is 38.7 Å². The molecule has 20 heavy (non-hydrogen) atoms. The number of aliphatic hydroxyl groups is 1.